The Morgan fingerprint density at radius 3 is 2.42 bits per heavy atom. The number of rotatable bonds is 4. The Labute approximate surface area is 156 Å². The monoisotopic (exact) mass is 377 g/mol. The molecule has 0 aliphatic carbocycles. The number of carbonyl (C=O) groups is 1. The van der Waals surface area contributed by atoms with Crippen LogP contribution in [0.1, 0.15) is 23.2 Å². The van der Waals surface area contributed by atoms with Crippen molar-refractivity contribution in [1.29, 1.82) is 0 Å². The second kappa shape index (κ2) is 7.88. The zero-order chi connectivity index (χ0) is 18.7. The van der Waals surface area contributed by atoms with E-state index >= 15 is 0 Å². The Balaban J connectivity index is 1.86. The van der Waals surface area contributed by atoms with Crippen LogP contribution in [0, 0.1) is 0 Å². The third-order valence-electron chi connectivity index (χ3n) is 4.55. The van der Waals surface area contributed by atoms with E-state index in [4.69, 9.17) is 16.3 Å². The Morgan fingerprint density at radius 2 is 1.85 bits per heavy atom. The maximum absolute atomic E-state index is 12.7. The van der Waals surface area contributed by atoms with Gasteiger partial charge in [-0.2, -0.15) is 9.78 Å². The predicted molar refractivity (Wildman–Crippen MR) is 98.4 cm³/mol. The van der Waals surface area contributed by atoms with Gasteiger partial charge in [0.15, 0.2) is 0 Å². The van der Waals surface area contributed by atoms with Crippen molar-refractivity contribution in [1.82, 2.24) is 9.78 Å². The number of nitrogens with zero attached hydrogens (tertiary/aromatic N) is 3. The molecule has 0 N–H and O–H groups in total. The number of carbonyl (C=O) groups excluding carboxylic acids is 1. The van der Waals surface area contributed by atoms with Gasteiger partial charge in [0.25, 0.3) is 5.56 Å². The highest BCUT2D eigenvalue weighted by molar-refractivity contribution is 6.33. The first-order valence-corrected chi connectivity index (χ1v) is 8.67. The highest BCUT2D eigenvalue weighted by Crippen LogP contribution is 2.25. The van der Waals surface area contributed by atoms with E-state index in [0.29, 0.717) is 16.9 Å². The molecule has 0 amide bonds. The second-order valence-electron chi connectivity index (χ2n) is 6.02. The van der Waals surface area contributed by atoms with E-state index < -0.39 is 11.5 Å². The van der Waals surface area contributed by atoms with Crippen LogP contribution in [0.25, 0.3) is 5.69 Å². The van der Waals surface area contributed by atoms with E-state index in [-0.39, 0.29) is 11.1 Å². The minimum absolute atomic E-state index is 0.132. The summed E-state index contributed by atoms with van der Waals surface area (Å²) < 4.78 is 11.2. The van der Waals surface area contributed by atoms with Crippen LogP contribution < -0.4 is 10.5 Å². The summed E-state index contributed by atoms with van der Waals surface area (Å²) >= 11 is 6.34. The zero-order valence-corrected chi connectivity index (χ0v) is 15.4. The van der Waals surface area contributed by atoms with Crippen LogP contribution in [0.2, 0.25) is 5.02 Å². The molecule has 2 heterocycles. The summed E-state index contributed by atoms with van der Waals surface area (Å²) in [7, 11) is 3.03. The largest absolute Gasteiger partial charge is 0.465 e. The summed E-state index contributed by atoms with van der Waals surface area (Å²) in [4.78, 5) is 26.2. The van der Waals surface area contributed by atoms with Crippen LogP contribution in [0.4, 0.5) is 5.69 Å². The van der Waals surface area contributed by atoms with Gasteiger partial charge in [-0.3, -0.25) is 4.79 Å². The van der Waals surface area contributed by atoms with E-state index in [9.17, 15) is 9.59 Å². The van der Waals surface area contributed by atoms with Gasteiger partial charge in [-0.25, -0.2) is 4.79 Å². The molecule has 8 heteroatoms. The first-order valence-electron chi connectivity index (χ1n) is 8.29. The lowest BCUT2D eigenvalue weighted by atomic mass is 10.1. The number of hydrogen-bond acceptors (Lipinski definition) is 6. The van der Waals surface area contributed by atoms with E-state index in [1.165, 1.54) is 11.8 Å². The zero-order valence-electron chi connectivity index (χ0n) is 14.6. The standard InChI is InChI=1S/C18H20ClN3O4/c1-25-14-7-9-21(10-8-14)15-11-20-22(17(23)16(15)19)13-5-3-12(4-6-13)18(24)26-2/h3-6,11,14H,7-10H2,1-2H3. The smallest absolute Gasteiger partial charge is 0.337 e. The number of methoxy groups -OCH3 is 2. The molecular formula is C18H20ClN3O4. The number of hydrogen-bond donors (Lipinski definition) is 0. The van der Waals surface area contributed by atoms with Crippen molar-refractivity contribution < 1.29 is 14.3 Å². The minimum Gasteiger partial charge on any atom is -0.465 e. The topological polar surface area (TPSA) is 73.7 Å². The van der Waals surface area contributed by atoms with E-state index in [2.05, 4.69) is 14.7 Å². The molecule has 3 rings (SSSR count). The van der Waals surface area contributed by atoms with Crippen LogP contribution in [0.5, 0.6) is 0 Å². The summed E-state index contributed by atoms with van der Waals surface area (Å²) in [6, 6.07) is 6.40. The summed E-state index contributed by atoms with van der Waals surface area (Å²) in [5.41, 5.74) is 1.15. The molecule has 0 saturated carbocycles. The van der Waals surface area contributed by atoms with Crippen molar-refractivity contribution in [2.75, 3.05) is 32.2 Å². The van der Waals surface area contributed by atoms with Gasteiger partial charge in [0.1, 0.15) is 5.02 Å². The van der Waals surface area contributed by atoms with Gasteiger partial charge in [0.05, 0.1) is 36.3 Å². The number of benzene rings is 1. The fraction of sp³-hybridized carbons (Fsp3) is 0.389. The first kappa shape index (κ1) is 18.4. The summed E-state index contributed by atoms with van der Waals surface area (Å²) in [6.07, 6.45) is 3.60. The van der Waals surface area contributed by atoms with Crippen LogP contribution in [-0.2, 0) is 9.47 Å². The van der Waals surface area contributed by atoms with Gasteiger partial charge in [0, 0.05) is 20.2 Å². The molecule has 0 unspecified atom stereocenters. The lowest BCUT2D eigenvalue weighted by Gasteiger charge is -2.33. The second-order valence-corrected chi connectivity index (χ2v) is 6.40. The van der Waals surface area contributed by atoms with Crippen molar-refractivity contribution in [3.8, 4) is 5.69 Å². The van der Waals surface area contributed by atoms with Crippen LogP contribution >= 0.6 is 11.6 Å². The normalized spacial score (nSPS) is 15.1. The van der Waals surface area contributed by atoms with Crippen molar-refractivity contribution in [3.05, 3.63) is 51.4 Å². The van der Waals surface area contributed by atoms with Crippen LogP contribution in [0.3, 0.4) is 0 Å². The minimum atomic E-state index is -0.440. The third-order valence-corrected chi connectivity index (χ3v) is 4.90. The maximum Gasteiger partial charge on any atom is 0.337 e. The molecular weight excluding hydrogens is 358 g/mol. The number of anilines is 1. The van der Waals surface area contributed by atoms with E-state index in [0.717, 1.165) is 25.9 Å². The van der Waals surface area contributed by atoms with Crippen molar-refractivity contribution in [2.24, 2.45) is 0 Å². The van der Waals surface area contributed by atoms with E-state index in [1.54, 1.807) is 37.6 Å². The molecule has 7 nitrogen and oxygen atoms in total. The Morgan fingerprint density at radius 1 is 1.19 bits per heavy atom. The number of piperidine rings is 1. The average Bonchev–Trinajstić information content (AvgIpc) is 2.70. The Bertz CT molecular complexity index is 843. The summed E-state index contributed by atoms with van der Waals surface area (Å²) in [5, 5.41) is 4.38. The molecule has 1 aliphatic rings. The molecule has 26 heavy (non-hydrogen) atoms. The molecule has 1 saturated heterocycles. The van der Waals surface area contributed by atoms with Gasteiger partial charge in [0.2, 0.25) is 0 Å². The van der Waals surface area contributed by atoms with Crippen molar-refractivity contribution in [3.63, 3.8) is 0 Å². The molecule has 2 aromatic rings. The molecule has 0 radical (unpaired) electrons. The number of aromatic nitrogens is 2. The highest BCUT2D eigenvalue weighted by atomic mass is 35.5. The fourth-order valence-electron chi connectivity index (χ4n) is 3.02. The van der Waals surface area contributed by atoms with Crippen molar-refractivity contribution >= 4 is 23.3 Å². The average molecular weight is 378 g/mol. The molecule has 1 aromatic carbocycles. The predicted octanol–water partition coefficient (Wildman–Crippen LogP) is 2.29. The maximum atomic E-state index is 12.7. The molecule has 138 valence electrons. The molecule has 1 aliphatic heterocycles. The SMILES string of the molecule is COC(=O)c1ccc(-n2ncc(N3CCC(OC)CC3)c(Cl)c2=O)cc1. The molecule has 1 fully saturated rings. The lowest BCUT2D eigenvalue weighted by molar-refractivity contribution is 0.0600. The Kier molecular flexibility index (Phi) is 5.58. The van der Waals surface area contributed by atoms with Crippen LogP contribution in [0.15, 0.2) is 35.3 Å². The van der Waals surface area contributed by atoms with Gasteiger partial charge in [-0.1, -0.05) is 11.6 Å². The molecule has 0 spiro atoms. The van der Waals surface area contributed by atoms with Crippen molar-refractivity contribution in [2.45, 2.75) is 18.9 Å². The third kappa shape index (κ3) is 3.59. The molecule has 1 aromatic heterocycles. The van der Waals surface area contributed by atoms with Crippen LogP contribution in [-0.4, -0.2) is 49.2 Å². The van der Waals surface area contributed by atoms with Gasteiger partial charge in [-0.15, -0.1) is 0 Å². The Hall–Kier alpha value is -2.38. The summed E-state index contributed by atoms with van der Waals surface area (Å²) in [5.74, 6) is -0.440. The van der Waals surface area contributed by atoms with Gasteiger partial charge >= 0.3 is 5.97 Å². The first-order chi connectivity index (χ1) is 12.5. The number of esters is 1. The number of halogens is 1. The van der Waals surface area contributed by atoms with Gasteiger partial charge in [-0.05, 0) is 37.1 Å². The quantitative estimate of drug-likeness (QED) is 0.761. The lowest BCUT2D eigenvalue weighted by Crippen LogP contribution is -2.38. The van der Waals surface area contributed by atoms with E-state index in [1.807, 2.05) is 0 Å². The van der Waals surface area contributed by atoms with Gasteiger partial charge < -0.3 is 14.4 Å². The molecule has 0 bridgehead atoms. The molecule has 0 atom stereocenters. The number of ether oxygens (including phenoxy) is 2. The summed E-state index contributed by atoms with van der Waals surface area (Å²) in [6.45, 7) is 1.52. The fourth-order valence-corrected chi connectivity index (χ4v) is 3.27. The highest BCUT2D eigenvalue weighted by Gasteiger charge is 2.22.